The van der Waals surface area contributed by atoms with Crippen molar-refractivity contribution in [2.75, 3.05) is 26.2 Å². The van der Waals surface area contributed by atoms with Gasteiger partial charge in [0, 0.05) is 37.2 Å². The lowest BCUT2D eigenvalue weighted by Crippen LogP contribution is -2.51. The molecule has 1 aromatic carbocycles. The minimum absolute atomic E-state index is 0.299. The molecule has 1 aliphatic heterocycles. The first-order valence-electron chi connectivity index (χ1n) is 8.57. The SMILES string of the molecule is O=S(=O)(c1cccc(Cl)c1)N1CCN(C2CCCCCC2)CC1. The van der Waals surface area contributed by atoms with Gasteiger partial charge in [0.25, 0.3) is 0 Å². The number of halogens is 1. The normalized spacial score (nSPS) is 22.8. The molecule has 1 aliphatic carbocycles. The summed E-state index contributed by atoms with van der Waals surface area (Å²) in [7, 11) is -3.42. The van der Waals surface area contributed by atoms with Crippen LogP contribution in [0.15, 0.2) is 29.2 Å². The molecule has 0 atom stereocenters. The highest BCUT2D eigenvalue weighted by atomic mass is 35.5. The molecule has 0 amide bonds. The Balaban J connectivity index is 1.64. The number of hydrogen-bond donors (Lipinski definition) is 0. The lowest BCUT2D eigenvalue weighted by Gasteiger charge is -2.38. The van der Waals surface area contributed by atoms with E-state index < -0.39 is 10.0 Å². The fraction of sp³-hybridized carbons (Fsp3) is 0.647. The van der Waals surface area contributed by atoms with Crippen LogP contribution in [-0.4, -0.2) is 49.8 Å². The summed E-state index contributed by atoms with van der Waals surface area (Å²) in [5.74, 6) is 0. The molecule has 2 aliphatic rings. The highest BCUT2D eigenvalue weighted by Crippen LogP contribution is 2.25. The van der Waals surface area contributed by atoms with Crippen molar-refractivity contribution in [2.24, 2.45) is 0 Å². The third kappa shape index (κ3) is 4.08. The van der Waals surface area contributed by atoms with Crippen LogP contribution in [0.25, 0.3) is 0 Å². The van der Waals surface area contributed by atoms with Crippen molar-refractivity contribution in [1.29, 1.82) is 0 Å². The molecule has 2 fully saturated rings. The topological polar surface area (TPSA) is 40.6 Å². The smallest absolute Gasteiger partial charge is 0.243 e. The summed E-state index contributed by atoms with van der Waals surface area (Å²) >= 11 is 5.94. The van der Waals surface area contributed by atoms with Crippen molar-refractivity contribution in [3.63, 3.8) is 0 Å². The maximum absolute atomic E-state index is 12.7. The number of rotatable bonds is 3. The third-order valence-corrected chi connectivity index (χ3v) is 7.18. The minimum Gasteiger partial charge on any atom is -0.298 e. The Kier molecular flexibility index (Phi) is 5.62. The standard InChI is InChI=1S/C17H25ClN2O2S/c18-15-6-5-9-17(14-15)23(21,22)20-12-10-19(11-13-20)16-7-3-1-2-4-8-16/h5-6,9,14,16H,1-4,7-8,10-13H2. The Labute approximate surface area is 144 Å². The van der Waals surface area contributed by atoms with E-state index >= 15 is 0 Å². The van der Waals surface area contributed by atoms with Gasteiger partial charge < -0.3 is 0 Å². The Morgan fingerprint density at radius 2 is 1.61 bits per heavy atom. The number of hydrogen-bond acceptors (Lipinski definition) is 3. The van der Waals surface area contributed by atoms with Crippen LogP contribution < -0.4 is 0 Å². The van der Waals surface area contributed by atoms with Crippen molar-refractivity contribution < 1.29 is 8.42 Å². The quantitative estimate of drug-likeness (QED) is 0.779. The second-order valence-corrected chi connectivity index (χ2v) is 8.92. The van der Waals surface area contributed by atoms with Crippen LogP contribution in [0.4, 0.5) is 0 Å². The van der Waals surface area contributed by atoms with Gasteiger partial charge >= 0.3 is 0 Å². The average molecular weight is 357 g/mol. The van der Waals surface area contributed by atoms with Gasteiger partial charge in [0.15, 0.2) is 0 Å². The molecule has 1 heterocycles. The minimum atomic E-state index is -3.42. The molecule has 1 aromatic rings. The van der Waals surface area contributed by atoms with E-state index in [1.54, 1.807) is 22.5 Å². The van der Waals surface area contributed by atoms with Crippen LogP contribution in [0, 0.1) is 0 Å². The number of piperazine rings is 1. The highest BCUT2D eigenvalue weighted by molar-refractivity contribution is 7.89. The number of benzene rings is 1. The molecule has 0 N–H and O–H groups in total. The number of sulfonamides is 1. The molecule has 0 spiro atoms. The predicted octanol–water partition coefficient (Wildman–Crippen LogP) is 3.37. The fourth-order valence-electron chi connectivity index (χ4n) is 3.71. The molecule has 0 bridgehead atoms. The monoisotopic (exact) mass is 356 g/mol. The van der Waals surface area contributed by atoms with Crippen LogP contribution in [0.2, 0.25) is 5.02 Å². The first-order chi connectivity index (χ1) is 11.1. The Hall–Kier alpha value is -0.620. The van der Waals surface area contributed by atoms with Gasteiger partial charge in [-0.1, -0.05) is 43.4 Å². The first-order valence-corrected chi connectivity index (χ1v) is 10.4. The van der Waals surface area contributed by atoms with Gasteiger partial charge in [0.1, 0.15) is 0 Å². The van der Waals surface area contributed by atoms with E-state index in [2.05, 4.69) is 4.90 Å². The van der Waals surface area contributed by atoms with E-state index in [0.717, 1.165) is 13.1 Å². The largest absolute Gasteiger partial charge is 0.298 e. The molecule has 1 saturated carbocycles. The fourth-order valence-corrected chi connectivity index (χ4v) is 5.43. The second-order valence-electron chi connectivity index (χ2n) is 6.54. The van der Waals surface area contributed by atoms with Gasteiger partial charge in [0.05, 0.1) is 4.90 Å². The van der Waals surface area contributed by atoms with Crippen molar-refractivity contribution in [3.8, 4) is 0 Å². The average Bonchev–Trinajstić information content (AvgIpc) is 2.84. The van der Waals surface area contributed by atoms with Crippen molar-refractivity contribution in [1.82, 2.24) is 9.21 Å². The maximum Gasteiger partial charge on any atom is 0.243 e. The summed E-state index contributed by atoms with van der Waals surface area (Å²) in [5.41, 5.74) is 0. The third-order valence-electron chi connectivity index (χ3n) is 5.05. The van der Waals surface area contributed by atoms with Gasteiger partial charge in [-0.25, -0.2) is 8.42 Å². The van der Waals surface area contributed by atoms with E-state index in [9.17, 15) is 8.42 Å². The van der Waals surface area contributed by atoms with E-state index in [-0.39, 0.29) is 0 Å². The molecule has 6 heteroatoms. The molecule has 0 unspecified atom stereocenters. The van der Waals surface area contributed by atoms with Crippen molar-refractivity contribution in [3.05, 3.63) is 29.3 Å². The summed E-state index contributed by atoms with van der Waals surface area (Å²) in [4.78, 5) is 2.79. The molecule has 0 radical (unpaired) electrons. The molecule has 3 rings (SSSR count). The molecular weight excluding hydrogens is 332 g/mol. The lowest BCUT2D eigenvalue weighted by atomic mass is 10.1. The van der Waals surface area contributed by atoms with Crippen LogP contribution in [0.5, 0.6) is 0 Å². The molecule has 1 saturated heterocycles. The molecule has 128 valence electrons. The lowest BCUT2D eigenvalue weighted by molar-refractivity contribution is 0.126. The zero-order chi connectivity index (χ0) is 16.3. The first kappa shape index (κ1) is 17.2. The summed E-state index contributed by atoms with van der Waals surface area (Å²) in [5, 5.41) is 0.461. The molecule has 0 aromatic heterocycles. The van der Waals surface area contributed by atoms with Crippen LogP contribution in [0.3, 0.4) is 0 Å². The van der Waals surface area contributed by atoms with Crippen LogP contribution >= 0.6 is 11.6 Å². The zero-order valence-electron chi connectivity index (χ0n) is 13.5. The molecule has 4 nitrogen and oxygen atoms in total. The van der Waals surface area contributed by atoms with Gasteiger partial charge in [-0.05, 0) is 31.0 Å². The summed E-state index contributed by atoms with van der Waals surface area (Å²) in [6.07, 6.45) is 7.85. The van der Waals surface area contributed by atoms with Gasteiger partial charge in [-0.15, -0.1) is 0 Å². The molecule has 23 heavy (non-hydrogen) atoms. The van der Waals surface area contributed by atoms with Crippen molar-refractivity contribution in [2.45, 2.75) is 49.5 Å². The predicted molar refractivity (Wildman–Crippen MR) is 93.3 cm³/mol. The summed E-state index contributed by atoms with van der Waals surface area (Å²) in [6, 6.07) is 7.20. The van der Waals surface area contributed by atoms with E-state index in [4.69, 9.17) is 11.6 Å². The van der Waals surface area contributed by atoms with E-state index in [1.165, 1.54) is 44.6 Å². The zero-order valence-corrected chi connectivity index (χ0v) is 15.0. The maximum atomic E-state index is 12.7. The number of nitrogens with zero attached hydrogens (tertiary/aromatic N) is 2. The second kappa shape index (κ2) is 7.51. The van der Waals surface area contributed by atoms with Gasteiger partial charge in [-0.3, -0.25) is 4.90 Å². The van der Waals surface area contributed by atoms with Crippen LogP contribution in [-0.2, 0) is 10.0 Å². The summed E-state index contributed by atoms with van der Waals surface area (Å²) < 4.78 is 27.1. The summed E-state index contributed by atoms with van der Waals surface area (Å²) in [6.45, 7) is 2.83. The van der Waals surface area contributed by atoms with Gasteiger partial charge in [0.2, 0.25) is 10.0 Å². The van der Waals surface area contributed by atoms with Crippen LogP contribution in [0.1, 0.15) is 38.5 Å². The Morgan fingerprint density at radius 3 is 2.22 bits per heavy atom. The van der Waals surface area contributed by atoms with Crippen molar-refractivity contribution >= 4 is 21.6 Å². The highest BCUT2D eigenvalue weighted by Gasteiger charge is 2.31. The Morgan fingerprint density at radius 1 is 0.957 bits per heavy atom. The van der Waals surface area contributed by atoms with Gasteiger partial charge in [-0.2, -0.15) is 4.31 Å². The Bertz CT molecular complexity index is 619. The van der Waals surface area contributed by atoms with E-state index in [1.807, 2.05) is 0 Å². The molecular formula is C17H25ClN2O2S. The van der Waals surface area contributed by atoms with E-state index in [0.29, 0.717) is 29.0 Å².